The average Bonchev–Trinajstić information content (AvgIpc) is 2.46. The molecule has 0 atom stereocenters. The molecule has 0 spiro atoms. The Kier molecular flexibility index (Phi) is 4.74. The number of aromatic nitrogens is 2. The van der Waals surface area contributed by atoms with E-state index in [2.05, 4.69) is 38.1 Å². The molecule has 100 valence electrons. The molecule has 1 aromatic carbocycles. The van der Waals surface area contributed by atoms with Gasteiger partial charge in [0.2, 0.25) is 0 Å². The van der Waals surface area contributed by atoms with Crippen molar-refractivity contribution in [3.63, 3.8) is 0 Å². The first kappa shape index (κ1) is 13.8. The average molecular weight is 321 g/mol. The molecule has 2 rings (SSSR count). The summed E-state index contributed by atoms with van der Waals surface area (Å²) in [5.41, 5.74) is 1.09. The van der Waals surface area contributed by atoms with Gasteiger partial charge in [-0.05, 0) is 34.5 Å². The van der Waals surface area contributed by atoms with Gasteiger partial charge < -0.3 is 10.2 Å². The minimum Gasteiger partial charge on any atom is -0.369 e. The summed E-state index contributed by atoms with van der Waals surface area (Å²) >= 11 is 3.58. The predicted molar refractivity (Wildman–Crippen MR) is 83.0 cm³/mol. The molecule has 1 heterocycles. The molecule has 0 unspecified atom stereocenters. The Hall–Kier alpha value is -1.62. The zero-order valence-corrected chi connectivity index (χ0v) is 12.7. The number of para-hydroxylation sites is 1. The summed E-state index contributed by atoms with van der Waals surface area (Å²) in [6, 6.07) is 10.1. The van der Waals surface area contributed by atoms with Crippen LogP contribution in [0.25, 0.3) is 0 Å². The number of halogens is 1. The van der Waals surface area contributed by atoms with Crippen molar-refractivity contribution in [1.82, 2.24) is 9.97 Å². The first-order chi connectivity index (χ1) is 9.24. The zero-order valence-electron chi connectivity index (χ0n) is 11.1. The molecular weight excluding hydrogens is 304 g/mol. The van der Waals surface area contributed by atoms with Crippen molar-refractivity contribution >= 4 is 33.3 Å². The summed E-state index contributed by atoms with van der Waals surface area (Å²) in [5.74, 6) is 1.68. The summed E-state index contributed by atoms with van der Waals surface area (Å²) in [6.07, 6.45) is 2.64. The second kappa shape index (κ2) is 6.52. The fraction of sp³-hybridized carbons (Fsp3) is 0.286. The van der Waals surface area contributed by atoms with Crippen molar-refractivity contribution in [3.05, 3.63) is 41.1 Å². The Morgan fingerprint density at radius 2 is 1.95 bits per heavy atom. The second-order valence-corrected chi connectivity index (χ2v) is 4.97. The lowest BCUT2D eigenvalue weighted by Crippen LogP contribution is -2.13. The molecule has 0 aliphatic heterocycles. The molecule has 0 radical (unpaired) electrons. The minimum absolute atomic E-state index is 0.828. The van der Waals surface area contributed by atoms with Gasteiger partial charge >= 0.3 is 0 Å². The normalized spacial score (nSPS) is 10.3. The van der Waals surface area contributed by atoms with Gasteiger partial charge in [-0.2, -0.15) is 0 Å². The van der Waals surface area contributed by atoms with E-state index in [9.17, 15) is 0 Å². The highest BCUT2D eigenvalue weighted by Crippen LogP contribution is 2.32. The summed E-state index contributed by atoms with van der Waals surface area (Å²) in [7, 11) is 1.99. The Morgan fingerprint density at radius 3 is 2.63 bits per heavy atom. The number of nitrogens with one attached hydrogen (secondary N) is 1. The van der Waals surface area contributed by atoms with Gasteiger partial charge in [-0.15, -0.1) is 0 Å². The van der Waals surface area contributed by atoms with Gasteiger partial charge in [0.15, 0.2) is 5.82 Å². The van der Waals surface area contributed by atoms with Crippen LogP contribution in [0, 0.1) is 0 Å². The van der Waals surface area contributed by atoms with Crippen LogP contribution >= 0.6 is 15.9 Å². The van der Waals surface area contributed by atoms with Crippen molar-refractivity contribution in [2.24, 2.45) is 0 Å². The van der Waals surface area contributed by atoms with E-state index in [1.54, 1.807) is 6.33 Å². The highest BCUT2D eigenvalue weighted by atomic mass is 79.9. The molecule has 0 aliphatic rings. The Bertz CT molecular complexity index is 530. The lowest BCUT2D eigenvalue weighted by molar-refractivity contribution is 0.958. The zero-order chi connectivity index (χ0) is 13.7. The lowest BCUT2D eigenvalue weighted by atomic mass is 10.3. The largest absolute Gasteiger partial charge is 0.369 e. The molecular formula is C14H17BrN4. The van der Waals surface area contributed by atoms with Crippen molar-refractivity contribution < 1.29 is 0 Å². The molecule has 0 saturated heterocycles. The maximum absolute atomic E-state index is 4.35. The molecule has 5 heteroatoms. The highest BCUT2D eigenvalue weighted by Gasteiger charge is 2.13. The van der Waals surface area contributed by atoms with Gasteiger partial charge in [0, 0.05) is 19.3 Å². The Morgan fingerprint density at radius 1 is 1.21 bits per heavy atom. The summed E-state index contributed by atoms with van der Waals surface area (Å²) in [5, 5.41) is 3.28. The van der Waals surface area contributed by atoms with E-state index >= 15 is 0 Å². The van der Waals surface area contributed by atoms with Gasteiger partial charge in [0.1, 0.15) is 16.6 Å². The van der Waals surface area contributed by atoms with Crippen molar-refractivity contribution in [2.45, 2.75) is 13.3 Å². The van der Waals surface area contributed by atoms with Crippen LogP contribution < -0.4 is 10.2 Å². The standard InChI is InChI=1S/C14H17BrN4/c1-3-9-16-13-12(15)14(18-10-17-13)19(2)11-7-5-4-6-8-11/h4-8,10H,3,9H2,1-2H3,(H,16,17,18). The van der Waals surface area contributed by atoms with Crippen LogP contribution in [-0.4, -0.2) is 23.6 Å². The fourth-order valence-corrected chi connectivity index (χ4v) is 2.35. The fourth-order valence-electron chi connectivity index (χ4n) is 1.73. The number of hydrogen-bond donors (Lipinski definition) is 1. The maximum atomic E-state index is 4.35. The van der Waals surface area contributed by atoms with Gasteiger partial charge in [-0.25, -0.2) is 9.97 Å². The molecule has 2 aromatic rings. The van der Waals surface area contributed by atoms with Crippen LogP contribution in [0.1, 0.15) is 13.3 Å². The molecule has 19 heavy (non-hydrogen) atoms. The third-order valence-corrected chi connectivity index (χ3v) is 3.50. The quantitative estimate of drug-likeness (QED) is 0.909. The van der Waals surface area contributed by atoms with Crippen LogP contribution in [0.2, 0.25) is 0 Å². The molecule has 0 fully saturated rings. The number of nitrogens with zero attached hydrogens (tertiary/aromatic N) is 3. The highest BCUT2D eigenvalue weighted by molar-refractivity contribution is 9.10. The maximum Gasteiger partial charge on any atom is 0.152 e. The molecule has 0 amide bonds. The molecule has 1 aromatic heterocycles. The first-order valence-electron chi connectivity index (χ1n) is 6.27. The summed E-state index contributed by atoms with van der Waals surface area (Å²) in [6.45, 7) is 3.02. The van der Waals surface area contributed by atoms with E-state index in [0.29, 0.717) is 0 Å². The van der Waals surface area contributed by atoms with Crippen LogP contribution in [0.4, 0.5) is 17.3 Å². The topological polar surface area (TPSA) is 41.1 Å². The van der Waals surface area contributed by atoms with Gasteiger partial charge in [-0.1, -0.05) is 25.1 Å². The van der Waals surface area contributed by atoms with Crippen molar-refractivity contribution in [3.8, 4) is 0 Å². The third kappa shape index (κ3) is 3.23. The van der Waals surface area contributed by atoms with Crippen LogP contribution in [0.15, 0.2) is 41.1 Å². The molecule has 4 nitrogen and oxygen atoms in total. The van der Waals surface area contributed by atoms with E-state index < -0.39 is 0 Å². The number of anilines is 3. The Balaban J connectivity index is 2.29. The van der Waals surface area contributed by atoms with Crippen LogP contribution in [-0.2, 0) is 0 Å². The van der Waals surface area contributed by atoms with Crippen molar-refractivity contribution in [1.29, 1.82) is 0 Å². The Labute approximate surface area is 122 Å². The SMILES string of the molecule is CCCNc1ncnc(N(C)c2ccccc2)c1Br. The number of rotatable bonds is 5. The molecule has 0 saturated carbocycles. The minimum atomic E-state index is 0.828. The van der Waals surface area contributed by atoms with Crippen LogP contribution in [0.5, 0.6) is 0 Å². The summed E-state index contributed by atoms with van der Waals surface area (Å²) in [4.78, 5) is 10.6. The van der Waals surface area contributed by atoms with Gasteiger partial charge in [-0.3, -0.25) is 0 Å². The van der Waals surface area contributed by atoms with E-state index in [0.717, 1.165) is 34.8 Å². The molecule has 0 aliphatic carbocycles. The summed E-state index contributed by atoms with van der Waals surface area (Å²) < 4.78 is 0.884. The first-order valence-corrected chi connectivity index (χ1v) is 7.06. The molecule has 1 N–H and O–H groups in total. The molecule has 0 bridgehead atoms. The second-order valence-electron chi connectivity index (χ2n) is 4.18. The van der Waals surface area contributed by atoms with Gasteiger partial charge in [0.25, 0.3) is 0 Å². The van der Waals surface area contributed by atoms with Crippen LogP contribution in [0.3, 0.4) is 0 Å². The third-order valence-electron chi connectivity index (χ3n) is 2.77. The monoisotopic (exact) mass is 320 g/mol. The van der Waals surface area contributed by atoms with Gasteiger partial charge in [0.05, 0.1) is 0 Å². The lowest BCUT2D eigenvalue weighted by Gasteiger charge is -2.20. The van der Waals surface area contributed by atoms with E-state index in [1.165, 1.54) is 0 Å². The van der Waals surface area contributed by atoms with E-state index in [1.807, 2.05) is 42.3 Å². The van der Waals surface area contributed by atoms with E-state index in [-0.39, 0.29) is 0 Å². The smallest absolute Gasteiger partial charge is 0.152 e. The number of hydrogen-bond acceptors (Lipinski definition) is 4. The van der Waals surface area contributed by atoms with E-state index in [4.69, 9.17) is 0 Å². The van der Waals surface area contributed by atoms with Crippen molar-refractivity contribution in [2.75, 3.05) is 23.8 Å². The number of benzene rings is 1. The predicted octanol–water partition coefficient (Wildman–Crippen LogP) is 3.83.